The van der Waals surface area contributed by atoms with Crippen molar-refractivity contribution in [1.29, 1.82) is 0 Å². The predicted octanol–water partition coefficient (Wildman–Crippen LogP) is 1.15. The molecule has 0 unspecified atom stereocenters. The van der Waals surface area contributed by atoms with Gasteiger partial charge in [-0.1, -0.05) is 17.8 Å². The van der Waals surface area contributed by atoms with Crippen LogP contribution in [-0.2, 0) is 0 Å². The molecule has 1 aromatic rings. The fourth-order valence-electron chi connectivity index (χ4n) is 0.435. The number of aromatic nitrogens is 3. The SMILES string of the molecule is C=CCSc1nccnn1. The molecule has 0 aliphatic carbocycles. The van der Waals surface area contributed by atoms with E-state index in [0.29, 0.717) is 5.16 Å². The van der Waals surface area contributed by atoms with E-state index in [-0.39, 0.29) is 0 Å². The van der Waals surface area contributed by atoms with Gasteiger partial charge in [-0.05, 0) is 0 Å². The van der Waals surface area contributed by atoms with Crippen LogP contribution in [0.5, 0.6) is 0 Å². The first kappa shape index (κ1) is 7.21. The molecule has 0 saturated carbocycles. The minimum atomic E-state index is 0.697. The molecule has 3 nitrogen and oxygen atoms in total. The summed E-state index contributed by atoms with van der Waals surface area (Å²) >= 11 is 1.52. The molecule has 0 aromatic carbocycles. The molecular weight excluding hydrogens is 146 g/mol. The Bertz CT molecular complexity index is 199. The fraction of sp³-hybridized carbons (Fsp3) is 0.167. The van der Waals surface area contributed by atoms with Gasteiger partial charge in [-0.25, -0.2) is 4.98 Å². The molecule has 1 rings (SSSR count). The Morgan fingerprint density at radius 2 is 2.50 bits per heavy atom. The summed E-state index contributed by atoms with van der Waals surface area (Å²) in [6.07, 6.45) is 4.98. The van der Waals surface area contributed by atoms with E-state index in [1.165, 1.54) is 11.8 Å². The maximum absolute atomic E-state index is 3.96. The zero-order valence-electron chi connectivity index (χ0n) is 5.40. The van der Waals surface area contributed by atoms with Crippen LogP contribution in [0.25, 0.3) is 0 Å². The first-order valence-corrected chi connectivity index (χ1v) is 3.79. The smallest absolute Gasteiger partial charge is 0.209 e. The normalized spacial score (nSPS) is 9.20. The predicted molar refractivity (Wildman–Crippen MR) is 40.7 cm³/mol. The van der Waals surface area contributed by atoms with Crippen molar-refractivity contribution >= 4 is 11.8 Å². The number of thioether (sulfide) groups is 1. The lowest BCUT2D eigenvalue weighted by molar-refractivity contribution is 0.839. The number of hydrogen-bond acceptors (Lipinski definition) is 4. The number of hydrogen-bond donors (Lipinski definition) is 0. The third kappa shape index (κ3) is 2.14. The lowest BCUT2D eigenvalue weighted by atomic mass is 10.8. The summed E-state index contributed by atoms with van der Waals surface area (Å²) in [5, 5.41) is 8.14. The highest BCUT2D eigenvalue weighted by atomic mass is 32.2. The van der Waals surface area contributed by atoms with Crippen molar-refractivity contribution in [2.75, 3.05) is 5.75 Å². The molecule has 0 atom stereocenters. The molecule has 10 heavy (non-hydrogen) atoms. The molecule has 0 amide bonds. The molecule has 1 aromatic heterocycles. The van der Waals surface area contributed by atoms with E-state index in [1.54, 1.807) is 18.5 Å². The third-order valence-corrected chi connectivity index (χ3v) is 1.64. The van der Waals surface area contributed by atoms with Crippen molar-refractivity contribution in [2.45, 2.75) is 5.16 Å². The molecule has 0 saturated heterocycles. The first-order chi connectivity index (χ1) is 4.93. The molecule has 0 radical (unpaired) electrons. The van der Waals surface area contributed by atoms with Crippen LogP contribution in [0, 0.1) is 0 Å². The molecule has 0 aliphatic heterocycles. The van der Waals surface area contributed by atoms with Crippen LogP contribution >= 0.6 is 11.8 Å². The summed E-state index contributed by atoms with van der Waals surface area (Å²) in [5.41, 5.74) is 0. The topological polar surface area (TPSA) is 38.7 Å². The first-order valence-electron chi connectivity index (χ1n) is 2.81. The Labute approximate surface area is 63.6 Å². The van der Waals surface area contributed by atoms with Crippen molar-refractivity contribution < 1.29 is 0 Å². The maximum atomic E-state index is 3.96. The Morgan fingerprint density at radius 1 is 1.60 bits per heavy atom. The highest BCUT2D eigenvalue weighted by molar-refractivity contribution is 7.99. The van der Waals surface area contributed by atoms with Gasteiger partial charge in [-0.15, -0.1) is 11.7 Å². The van der Waals surface area contributed by atoms with Crippen LogP contribution < -0.4 is 0 Å². The molecule has 52 valence electrons. The van der Waals surface area contributed by atoms with Crippen LogP contribution in [0.2, 0.25) is 0 Å². The lowest BCUT2D eigenvalue weighted by Crippen LogP contribution is -1.87. The zero-order chi connectivity index (χ0) is 7.23. The van der Waals surface area contributed by atoms with Crippen molar-refractivity contribution in [3.63, 3.8) is 0 Å². The average molecular weight is 153 g/mol. The second kappa shape index (κ2) is 4.00. The Kier molecular flexibility index (Phi) is 2.89. The standard InChI is InChI=1S/C6H7N3S/c1-2-5-10-6-7-3-4-8-9-6/h2-4H,1,5H2. The highest BCUT2D eigenvalue weighted by Crippen LogP contribution is 2.08. The molecule has 0 aliphatic rings. The quantitative estimate of drug-likeness (QED) is 0.482. The monoisotopic (exact) mass is 153 g/mol. The van der Waals surface area contributed by atoms with Gasteiger partial charge in [0.1, 0.15) is 0 Å². The van der Waals surface area contributed by atoms with Gasteiger partial charge < -0.3 is 0 Å². The van der Waals surface area contributed by atoms with Crippen molar-refractivity contribution in [2.24, 2.45) is 0 Å². The van der Waals surface area contributed by atoms with E-state index in [1.807, 2.05) is 0 Å². The Balaban J connectivity index is 2.50. The number of rotatable bonds is 3. The summed E-state index contributed by atoms with van der Waals surface area (Å²) in [6.45, 7) is 3.58. The molecule has 0 N–H and O–H groups in total. The van der Waals surface area contributed by atoms with E-state index in [0.717, 1.165) is 5.75 Å². The van der Waals surface area contributed by atoms with Gasteiger partial charge in [0, 0.05) is 5.75 Å². The average Bonchev–Trinajstić information content (AvgIpc) is 2.03. The molecule has 0 bridgehead atoms. The fourth-order valence-corrected chi connectivity index (χ4v) is 0.942. The van der Waals surface area contributed by atoms with E-state index in [4.69, 9.17) is 0 Å². The minimum Gasteiger partial charge on any atom is -0.228 e. The van der Waals surface area contributed by atoms with Crippen LogP contribution in [0.15, 0.2) is 30.2 Å². The second-order valence-electron chi connectivity index (χ2n) is 1.52. The highest BCUT2D eigenvalue weighted by Gasteiger charge is 1.91. The van der Waals surface area contributed by atoms with Crippen LogP contribution in [0.1, 0.15) is 0 Å². The third-order valence-electron chi connectivity index (χ3n) is 0.792. The Morgan fingerprint density at radius 3 is 3.10 bits per heavy atom. The van der Waals surface area contributed by atoms with Crippen molar-refractivity contribution in [1.82, 2.24) is 15.2 Å². The van der Waals surface area contributed by atoms with Gasteiger partial charge in [0.2, 0.25) is 5.16 Å². The minimum absolute atomic E-state index is 0.697. The molecule has 1 heterocycles. The van der Waals surface area contributed by atoms with Crippen LogP contribution in [0.3, 0.4) is 0 Å². The summed E-state index contributed by atoms with van der Waals surface area (Å²) in [5.74, 6) is 0.825. The van der Waals surface area contributed by atoms with Gasteiger partial charge in [0.05, 0.1) is 12.4 Å². The summed E-state index contributed by atoms with van der Waals surface area (Å²) in [4.78, 5) is 3.96. The summed E-state index contributed by atoms with van der Waals surface area (Å²) in [6, 6.07) is 0. The van der Waals surface area contributed by atoms with Gasteiger partial charge in [0.25, 0.3) is 0 Å². The Hall–Kier alpha value is -0.900. The van der Waals surface area contributed by atoms with Gasteiger partial charge in [-0.2, -0.15) is 5.10 Å². The van der Waals surface area contributed by atoms with E-state index in [2.05, 4.69) is 21.8 Å². The zero-order valence-corrected chi connectivity index (χ0v) is 6.21. The lowest BCUT2D eigenvalue weighted by Gasteiger charge is -1.90. The largest absolute Gasteiger partial charge is 0.228 e. The van der Waals surface area contributed by atoms with E-state index >= 15 is 0 Å². The van der Waals surface area contributed by atoms with Crippen LogP contribution in [-0.4, -0.2) is 20.9 Å². The van der Waals surface area contributed by atoms with Crippen molar-refractivity contribution in [3.05, 3.63) is 25.0 Å². The summed E-state index contributed by atoms with van der Waals surface area (Å²) in [7, 11) is 0. The van der Waals surface area contributed by atoms with Crippen LogP contribution in [0.4, 0.5) is 0 Å². The van der Waals surface area contributed by atoms with Gasteiger partial charge in [-0.3, -0.25) is 0 Å². The van der Waals surface area contributed by atoms with Gasteiger partial charge >= 0.3 is 0 Å². The maximum Gasteiger partial charge on any atom is 0.209 e. The summed E-state index contributed by atoms with van der Waals surface area (Å²) < 4.78 is 0. The molecule has 0 spiro atoms. The second-order valence-corrected chi connectivity index (χ2v) is 2.51. The molecule has 4 heteroatoms. The van der Waals surface area contributed by atoms with Gasteiger partial charge in [0.15, 0.2) is 0 Å². The van der Waals surface area contributed by atoms with E-state index < -0.39 is 0 Å². The van der Waals surface area contributed by atoms with Crippen molar-refractivity contribution in [3.8, 4) is 0 Å². The molecular formula is C6H7N3S. The molecule has 0 fully saturated rings. The van der Waals surface area contributed by atoms with E-state index in [9.17, 15) is 0 Å². The number of nitrogens with zero attached hydrogens (tertiary/aromatic N) is 3.